The van der Waals surface area contributed by atoms with Crippen molar-refractivity contribution in [1.29, 1.82) is 0 Å². The van der Waals surface area contributed by atoms with E-state index in [1.54, 1.807) is 23.2 Å². The molecule has 0 unspecified atom stereocenters. The van der Waals surface area contributed by atoms with Crippen LogP contribution in [0.25, 0.3) is 0 Å². The second kappa shape index (κ2) is 13.2. The van der Waals surface area contributed by atoms with E-state index in [-0.39, 0.29) is 43.1 Å². The lowest BCUT2D eigenvalue weighted by Crippen LogP contribution is -2.42. The normalized spacial score (nSPS) is 14.3. The smallest absolute Gasteiger partial charge is 0.332 e. The fraction of sp³-hybridized carbons (Fsp3) is 0.433. The summed E-state index contributed by atoms with van der Waals surface area (Å²) in [6.45, 7) is 4.24. The number of ether oxygens (including phenoxy) is 1. The number of pyridine rings is 2. The Kier molecular flexibility index (Phi) is 9.19. The zero-order valence-corrected chi connectivity index (χ0v) is 24.3. The Hall–Kier alpha value is -4.52. The molecular weight excluding hydrogens is 557 g/mol. The van der Waals surface area contributed by atoms with Crippen LogP contribution in [0.4, 0.5) is 16.0 Å². The van der Waals surface area contributed by atoms with Gasteiger partial charge in [0.05, 0.1) is 30.0 Å². The highest BCUT2D eigenvalue weighted by Gasteiger charge is 2.27. The fourth-order valence-corrected chi connectivity index (χ4v) is 5.39. The summed E-state index contributed by atoms with van der Waals surface area (Å²) in [4.78, 5) is 67.9. The maximum atomic E-state index is 13.5. The van der Waals surface area contributed by atoms with Crippen molar-refractivity contribution >= 4 is 29.2 Å². The van der Waals surface area contributed by atoms with E-state index in [0.717, 1.165) is 12.5 Å². The van der Waals surface area contributed by atoms with Gasteiger partial charge < -0.3 is 9.64 Å². The molecule has 3 aromatic rings. The monoisotopic (exact) mass is 591 g/mol. The third-order valence-corrected chi connectivity index (χ3v) is 7.60. The van der Waals surface area contributed by atoms with Gasteiger partial charge in [-0.05, 0) is 43.5 Å². The van der Waals surface area contributed by atoms with Gasteiger partial charge in [-0.3, -0.25) is 28.4 Å². The van der Waals surface area contributed by atoms with Gasteiger partial charge in [-0.15, -0.1) is 0 Å². The Labute approximate surface area is 247 Å². The first-order valence-corrected chi connectivity index (χ1v) is 14.4. The molecule has 0 saturated carbocycles. The van der Waals surface area contributed by atoms with Crippen LogP contribution in [0.1, 0.15) is 54.1 Å². The Balaban J connectivity index is 1.41. The summed E-state index contributed by atoms with van der Waals surface area (Å²) < 4.78 is 21.2. The summed E-state index contributed by atoms with van der Waals surface area (Å²) in [6.07, 6.45) is 5.59. The molecule has 0 bridgehead atoms. The molecule has 2 amide bonds. The van der Waals surface area contributed by atoms with Gasteiger partial charge in [-0.1, -0.05) is 6.92 Å². The average Bonchev–Trinajstić information content (AvgIpc) is 3.64. The van der Waals surface area contributed by atoms with Crippen molar-refractivity contribution in [2.75, 3.05) is 38.3 Å². The molecule has 0 aliphatic carbocycles. The fourth-order valence-electron chi connectivity index (χ4n) is 5.39. The molecule has 2 aliphatic rings. The van der Waals surface area contributed by atoms with Gasteiger partial charge >= 0.3 is 5.69 Å². The minimum Gasteiger partial charge on any atom is -0.383 e. The number of anilines is 1. The van der Waals surface area contributed by atoms with Gasteiger partial charge in [0, 0.05) is 64.1 Å². The van der Waals surface area contributed by atoms with Crippen molar-refractivity contribution in [2.24, 2.45) is 4.99 Å². The number of aromatic nitrogens is 4. The molecule has 1 fully saturated rings. The third kappa shape index (κ3) is 6.31. The van der Waals surface area contributed by atoms with E-state index >= 15 is 0 Å². The molecular formula is C30H34FN7O5. The van der Waals surface area contributed by atoms with Gasteiger partial charge in [0.2, 0.25) is 11.9 Å². The van der Waals surface area contributed by atoms with Crippen LogP contribution in [0.3, 0.4) is 0 Å². The van der Waals surface area contributed by atoms with Crippen LogP contribution in [0, 0.1) is 5.95 Å². The molecule has 13 heteroatoms. The van der Waals surface area contributed by atoms with Crippen molar-refractivity contribution in [3.63, 3.8) is 0 Å². The largest absolute Gasteiger partial charge is 0.383 e. The number of carbonyl (C=O) groups is 2. The number of nitrogens with zero attached hydrogens (tertiary/aromatic N) is 7. The van der Waals surface area contributed by atoms with Crippen LogP contribution in [0.15, 0.2) is 51.2 Å². The van der Waals surface area contributed by atoms with Gasteiger partial charge in [0.25, 0.3) is 11.5 Å². The number of fused-ring (bicyclic) bond motifs is 1. The van der Waals surface area contributed by atoms with E-state index < -0.39 is 17.5 Å². The number of hydrogen-bond acceptors (Lipinski definition) is 8. The molecule has 12 nitrogen and oxygen atoms in total. The lowest BCUT2D eigenvalue weighted by atomic mass is 10.1. The molecule has 2 aliphatic heterocycles. The zero-order chi connectivity index (χ0) is 30.5. The number of carbonyl (C=O) groups excluding carboxylic acids is 2. The topological polar surface area (TPSA) is 132 Å². The van der Waals surface area contributed by atoms with E-state index in [9.17, 15) is 23.6 Å². The van der Waals surface area contributed by atoms with E-state index in [1.807, 2.05) is 6.92 Å². The van der Waals surface area contributed by atoms with Crippen LogP contribution < -0.4 is 16.1 Å². The molecule has 1 saturated heterocycles. The van der Waals surface area contributed by atoms with Gasteiger partial charge in [0.15, 0.2) is 0 Å². The van der Waals surface area contributed by atoms with Crippen LogP contribution >= 0.6 is 0 Å². The van der Waals surface area contributed by atoms with Crippen molar-refractivity contribution in [3.8, 4) is 0 Å². The van der Waals surface area contributed by atoms with Gasteiger partial charge in [0.1, 0.15) is 11.6 Å². The van der Waals surface area contributed by atoms with Gasteiger partial charge in [-0.25, -0.2) is 19.8 Å². The highest BCUT2D eigenvalue weighted by Crippen LogP contribution is 2.26. The predicted molar refractivity (Wildman–Crippen MR) is 158 cm³/mol. The van der Waals surface area contributed by atoms with Crippen molar-refractivity contribution < 1.29 is 18.7 Å². The summed E-state index contributed by atoms with van der Waals surface area (Å²) in [5, 5.41) is 0. The maximum Gasteiger partial charge on any atom is 0.332 e. The lowest BCUT2D eigenvalue weighted by molar-refractivity contribution is -0.127. The van der Waals surface area contributed by atoms with E-state index in [4.69, 9.17) is 4.74 Å². The number of likely N-dealkylation sites (tertiary alicyclic amines) is 1. The third-order valence-electron chi connectivity index (χ3n) is 7.60. The van der Waals surface area contributed by atoms with Crippen LogP contribution in [0.5, 0.6) is 0 Å². The number of amides is 2. The Morgan fingerprint density at radius 2 is 1.88 bits per heavy atom. The number of hydrogen-bond donors (Lipinski definition) is 0. The van der Waals surface area contributed by atoms with Gasteiger partial charge in [-0.2, -0.15) is 4.39 Å². The van der Waals surface area contributed by atoms with E-state index in [2.05, 4.69) is 15.0 Å². The number of methoxy groups -OCH3 is 1. The number of halogens is 1. The highest BCUT2D eigenvalue weighted by molar-refractivity contribution is 6.07. The Morgan fingerprint density at radius 3 is 2.53 bits per heavy atom. The van der Waals surface area contributed by atoms with E-state index in [1.165, 1.54) is 33.4 Å². The molecule has 43 heavy (non-hydrogen) atoms. The molecule has 226 valence electrons. The lowest BCUT2D eigenvalue weighted by Gasteiger charge is -2.23. The zero-order valence-electron chi connectivity index (χ0n) is 24.3. The van der Waals surface area contributed by atoms with Crippen LogP contribution in [-0.2, 0) is 29.0 Å². The van der Waals surface area contributed by atoms with Crippen LogP contribution in [-0.4, -0.2) is 74.9 Å². The molecule has 0 atom stereocenters. The van der Waals surface area contributed by atoms with Crippen molar-refractivity contribution in [3.05, 3.63) is 80.1 Å². The first-order valence-electron chi connectivity index (χ1n) is 14.4. The summed E-state index contributed by atoms with van der Waals surface area (Å²) in [5.41, 5.74) is 1.10. The summed E-state index contributed by atoms with van der Waals surface area (Å²) >= 11 is 0. The average molecular weight is 592 g/mol. The van der Waals surface area contributed by atoms with Crippen LogP contribution in [0.2, 0.25) is 0 Å². The number of aliphatic imine (C=N–C) groups is 1. The predicted octanol–water partition coefficient (Wildman–Crippen LogP) is 2.33. The summed E-state index contributed by atoms with van der Waals surface area (Å²) in [5.74, 6) is -0.248. The molecule has 5 heterocycles. The quantitative estimate of drug-likeness (QED) is 0.295. The minimum atomic E-state index is -0.689. The maximum absolute atomic E-state index is 13.5. The summed E-state index contributed by atoms with van der Waals surface area (Å²) in [7, 11) is 1.51. The number of rotatable bonds is 12. The standard InChI is InChI=1S/C30H34FN7O5/c1-3-11-37-27-22(29(41)38(30(37)42)15-16-43-2)17-23(34-27)20-8-10-25(33-18-20)36(14-5-13-35-12-4-6-26(35)39)28(40)21-7-9-24(31)32-19-21/h7-10,18-19H,3-6,11-17H2,1-2H3. The Bertz CT molecular complexity index is 1650. The first kappa shape index (κ1) is 30.0. The second-order valence-electron chi connectivity index (χ2n) is 10.5. The van der Waals surface area contributed by atoms with Crippen molar-refractivity contribution in [1.82, 2.24) is 24.0 Å². The molecule has 0 aromatic carbocycles. The first-order chi connectivity index (χ1) is 20.8. The SMILES string of the molecule is CCCn1c2c(c(=O)n(CCOC)c1=O)CC(c1ccc(N(CCCN3CCCC3=O)C(=O)c3ccc(F)nc3)nc1)=N2. The van der Waals surface area contributed by atoms with E-state index in [0.29, 0.717) is 67.4 Å². The molecule has 5 rings (SSSR count). The highest BCUT2D eigenvalue weighted by atomic mass is 19.1. The second-order valence-corrected chi connectivity index (χ2v) is 10.5. The Morgan fingerprint density at radius 1 is 1.05 bits per heavy atom. The molecule has 0 radical (unpaired) electrons. The summed E-state index contributed by atoms with van der Waals surface area (Å²) in [6, 6.07) is 5.95. The molecule has 0 N–H and O–H groups in total. The molecule has 0 spiro atoms. The van der Waals surface area contributed by atoms with Crippen molar-refractivity contribution in [2.45, 2.75) is 52.1 Å². The molecule has 3 aromatic heterocycles. The minimum absolute atomic E-state index is 0.108.